The summed E-state index contributed by atoms with van der Waals surface area (Å²) in [5.41, 5.74) is 4.75. The summed E-state index contributed by atoms with van der Waals surface area (Å²) in [6.07, 6.45) is 12.1. The predicted octanol–water partition coefficient (Wildman–Crippen LogP) is 8.42. The molecule has 10 nitrogen and oxygen atoms in total. The molecule has 4 aromatic rings. The number of aliphatic hydroxyl groups is 2. The number of ether oxygens (including phenoxy) is 4. The number of nitrogens with zero attached hydrogens (tertiary/aromatic N) is 4. The first-order valence-electron chi connectivity index (χ1n) is 23.6. The van der Waals surface area contributed by atoms with Gasteiger partial charge in [0.1, 0.15) is 49.4 Å². The molecule has 2 aliphatic heterocycles. The minimum atomic E-state index is 0.149. The number of rotatable bonds is 15. The van der Waals surface area contributed by atoms with E-state index in [0.717, 1.165) is 112 Å². The van der Waals surface area contributed by atoms with Crippen molar-refractivity contribution in [3.05, 3.63) is 119 Å². The van der Waals surface area contributed by atoms with E-state index in [9.17, 15) is 10.2 Å². The summed E-state index contributed by atoms with van der Waals surface area (Å²) < 4.78 is 24.9. The van der Waals surface area contributed by atoms with Crippen LogP contribution in [-0.4, -0.2) is 122 Å². The third-order valence-electron chi connectivity index (χ3n) is 12.1. The molecule has 2 N–H and O–H groups in total. The first-order valence-corrected chi connectivity index (χ1v) is 23.6. The van der Waals surface area contributed by atoms with Crippen molar-refractivity contribution >= 4 is 0 Å². The van der Waals surface area contributed by atoms with E-state index in [1.54, 1.807) is 0 Å². The van der Waals surface area contributed by atoms with Crippen molar-refractivity contribution in [3.63, 3.8) is 0 Å². The molecule has 0 aliphatic carbocycles. The number of hydrogen-bond acceptors (Lipinski definition) is 10. The number of para-hydroxylation sites is 4. The van der Waals surface area contributed by atoms with Crippen LogP contribution < -0.4 is 18.9 Å². The van der Waals surface area contributed by atoms with E-state index >= 15 is 0 Å². The third-order valence-corrected chi connectivity index (χ3v) is 12.1. The van der Waals surface area contributed by atoms with Crippen LogP contribution in [0, 0.1) is 0 Å². The molecular formula is C52H74N4O6. The lowest BCUT2D eigenvalue weighted by molar-refractivity contribution is 0.173. The van der Waals surface area contributed by atoms with Crippen LogP contribution in [0.15, 0.2) is 97.1 Å². The summed E-state index contributed by atoms with van der Waals surface area (Å²) in [6.45, 7) is 12.8. The Morgan fingerprint density at radius 2 is 0.597 bits per heavy atom. The van der Waals surface area contributed by atoms with Gasteiger partial charge in [-0.05, 0) is 89.2 Å². The van der Waals surface area contributed by atoms with Crippen molar-refractivity contribution in [3.8, 4) is 23.0 Å². The Morgan fingerprint density at radius 3 is 0.887 bits per heavy atom. The molecule has 0 unspecified atom stereocenters. The van der Waals surface area contributed by atoms with Gasteiger partial charge in [-0.25, -0.2) is 0 Å². The fraction of sp³-hybridized carbons (Fsp3) is 0.538. The van der Waals surface area contributed by atoms with Crippen LogP contribution in [0.2, 0.25) is 0 Å². The molecule has 0 aromatic heterocycles. The normalized spacial score (nSPS) is 17.1. The van der Waals surface area contributed by atoms with Crippen LogP contribution in [0.5, 0.6) is 23.0 Å². The second-order valence-electron chi connectivity index (χ2n) is 16.9. The lowest BCUT2D eigenvalue weighted by Gasteiger charge is -2.26. The zero-order valence-corrected chi connectivity index (χ0v) is 37.4. The van der Waals surface area contributed by atoms with Crippen molar-refractivity contribution in [1.82, 2.24) is 19.6 Å². The molecule has 0 fully saturated rings. The van der Waals surface area contributed by atoms with Gasteiger partial charge >= 0.3 is 0 Å². The van der Waals surface area contributed by atoms with Crippen LogP contribution in [-0.2, 0) is 26.2 Å². The van der Waals surface area contributed by atoms with Gasteiger partial charge in [-0.1, -0.05) is 111 Å². The average Bonchev–Trinajstić information content (AvgIpc) is 3.29. The van der Waals surface area contributed by atoms with Crippen molar-refractivity contribution in [2.45, 2.75) is 90.4 Å². The Hall–Kier alpha value is -4.16. The Morgan fingerprint density at radius 1 is 0.339 bits per heavy atom. The van der Waals surface area contributed by atoms with Gasteiger partial charge in [0, 0.05) is 61.5 Å². The van der Waals surface area contributed by atoms with E-state index in [1.165, 1.54) is 62.5 Å². The summed E-state index contributed by atoms with van der Waals surface area (Å²) in [5.74, 6) is 3.67. The van der Waals surface area contributed by atoms with E-state index in [-0.39, 0.29) is 13.2 Å². The van der Waals surface area contributed by atoms with Crippen LogP contribution in [0.1, 0.15) is 86.5 Å². The molecule has 4 aromatic carbocycles. The maximum absolute atomic E-state index is 9.86. The smallest absolute Gasteiger partial charge is 0.123 e. The molecule has 0 amide bonds. The fourth-order valence-electron chi connectivity index (χ4n) is 8.80. The van der Waals surface area contributed by atoms with Crippen molar-refractivity contribution in [1.29, 1.82) is 0 Å². The highest BCUT2D eigenvalue weighted by Crippen LogP contribution is 2.26. The van der Waals surface area contributed by atoms with E-state index in [1.807, 2.05) is 24.3 Å². The molecule has 0 saturated carbocycles. The molecule has 6 rings (SSSR count). The second-order valence-corrected chi connectivity index (χ2v) is 16.9. The number of benzene rings is 4. The van der Waals surface area contributed by atoms with Crippen LogP contribution in [0.25, 0.3) is 0 Å². The summed E-state index contributed by atoms with van der Waals surface area (Å²) >= 11 is 0. The minimum absolute atomic E-state index is 0.149. The van der Waals surface area contributed by atoms with E-state index in [4.69, 9.17) is 18.9 Å². The SMILES string of the molecule is OCCN1CCCN(CCCCCCCCCCN2CCCN(CCO)Cc3ccccc3OCCOc3ccccc3C2)Cc2ccccc2OCCOc2ccccc2C1. The van der Waals surface area contributed by atoms with Gasteiger partial charge in [0.05, 0.1) is 13.2 Å². The van der Waals surface area contributed by atoms with Crippen LogP contribution in [0.3, 0.4) is 0 Å². The Balaban J connectivity index is 0.938. The van der Waals surface area contributed by atoms with E-state index < -0.39 is 0 Å². The molecule has 0 bridgehead atoms. The van der Waals surface area contributed by atoms with Gasteiger partial charge in [-0.15, -0.1) is 0 Å². The molecule has 0 radical (unpaired) electrons. The second kappa shape index (κ2) is 27.8. The monoisotopic (exact) mass is 851 g/mol. The van der Waals surface area contributed by atoms with Crippen molar-refractivity contribution < 1.29 is 29.2 Å². The van der Waals surface area contributed by atoms with E-state index in [0.29, 0.717) is 39.5 Å². The zero-order valence-electron chi connectivity index (χ0n) is 37.4. The van der Waals surface area contributed by atoms with Crippen LogP contribution >= 0.6 is 0 Å². The van der Waals surface area contributed by atoms with Gasteiger partial charge in [-0.2, -0.15) is 0 Å². The Bertz CT molecular complexity index is 1700. The highest BCUT2D eigenvalue weighted by atomic mass is 16.5. The quantitative estimate of drug-likeness (QED) is 0.114. The van der Waals surface area contributed by atoms with Gasteiger partial charge in [-0.3, -0.25) is 19.6 Å². The first-order chi connectivity index (χ1) is 30.7. The van der Waals surface area contributed by atoms with Gasteiger partial charge < -0.3 is 29.2 Å². The molecule has 2 aliphatic rings. The average molecular weight is 851 g/mol. The molecule has 10 heteroatoms. The predicted molar refractivity (Wildman–Crippen MR) is 249 cm³/mol. The topological polar surface area (TPSA) is 90.3 Å². The maximum Gasteiger partial charge on any atom is 0.123 e. The van der Waals surface area contributed by atoms with Crippen molar-refractivity contribution in [2.24, 2.45) is 0 Å². The number of hydrogen-bond donors (Lipinski definition) is 2. The molecule has 62 heavy (non-hydrogen) atoms. The lowest BCUT2D eigenvalue weighted by atomic mass is 10.1. The molecular weight excluding hydrogens is 777 g/mol. The number of unbranched alkanes of at least 4 members (excludes halogenated alkanes) is 7. The van der Waals surface area contributed by atoms with Gasteiger partial charge in [0.15, 0.2) is 0 Å². The van der Waals surface area contributed by atoms with E-state index in [2.05, 4.69) is 92.4 Å². The maximum atomic E-state index is 9.86. The highest BCUT2D eigenvalue weighted by Gasteiger charge is 2.17. The summed E-state index contributed by atoms with van der Waals surface area (Å²) in [6, 6.07) is 33.4. The van der Waals surface area contributed by atoms with Crippen LogP contribution in [0.4, 0.5) is 0 Å². The summed E-state index contributed by atoms with van der Waals surface area (Å²) in [7, 11) is 0. The molecule has 338 valence electrons. The summed E-state index contributed by atoms with van der Waals surface area (Å²) in [4.78, 5) is 9.91. The Kier molecular flexibility index (Phi) is 21.2. The number of β-amino-alcohol motifs (C(OH)–C–C–N with tert-alkyl or cyclic N) is 2. The molecule has 0 spiro atoms. The van der Waals surface area contributed by atoms with Gasteiger partial charge in [0.2, 0.25) is 0 Å². The largest absolute Gasteiger partial charge is 0.490 e. The fourth-order valence-corrected chi connectivity index (χ4v) is 8.80. The summed E-state index contributed by atoms with van der Waals surface area (Å²) in [5, 5.41) is 19.7. The Labute approximate surface area is 372 Å². The number of fused-ring (bicyclic) bond motifs is 4. The van der Waals surface area contributed by atoms with Gasteiger partial charge in [0.25, 0.3) is 0 Å². The van der Waals surface area contributed by atoms with Crippen molar-refractivity contribution in [2.75, 3.05) is 92.0 Å². The molecule has 2 heterocycles. The first kappa shape index (κ1) is 47.3. The zero-order chi connectivity index (χ0) is 42.9. The molecule has 0 atom stereocenters. The standard InChI is InChI=1S/C52H74N4O6/c57-35-33-55-31-17-29-53(41-45-19-7-11-23-49(45)59-37-39-61-51-25-13-9-21-47(51)43-55)27-15-5-3-1-2-4-6-16-28-54-30-18-32-56(34-36-58)44-48-22-10-14-26-52(48)62-40-38-60-50-24-12-8-20-46(50)42-54/h7-14,19-26,57-58H,1-6,15-18,27-44H2. The highest BCUT2D eigenvalue weighted by molar-refractivity contribution is 5.36. The lowest BCUT2D eigenvalue weighted by Crippen LogP contribution is -2.32. The molecule has 0 saturated heterocycles. The minimum Gasteiger partial charge on any atom is -0.490 e. The number of aliphatic hydroxyl groups excluding tert-OH is 2. The third kappa shape index (κ3) is 16.5.